The van der Waals surface area contributed by atoms with Crippen molar-refractivity contribution in [2.45, 2.75) is 24.0 Å². The van der Waals surface area contributed by atoms with E-state index in [1.807, 2.05) is 16.9 Å². The highest BCUT2D eigenvalue weighted by atomic mass is 32.2. The van der Waals surface area contributed by atoms with Crippen molar-refractivity contribution in [2.24, 2.45) is 0 Å². The number of fused-ring (bicyclic) bond motifs is 1. The van der Waals surface area contributed by atoms with Gasteiger partial charge in [-0.05, 0) is 92.8 Å². The molecule has 12 heteroatoms. The van der Waals surface area contributed by atoms with Gasteiger partial charge >= 0.3 is 6.03 Å². The van der Waals surface area contributed by atoms with E-state index >= 15 is 4.39 Å². The number of hydrogen-bond acceptors (Lipinski definition) is 7. The molecule has 1 fully saturated rings. The number of pyridine rings is 1. The van der Waals surface area contributed by atoms with Crippen molar-refractivity contribution < 1.29 is 17.6 Å². The molecule has 0 spiro atoms. The maximum Gasteiger partial charge on any atom is 0.333 e. The Labute approximate surface area is 229 Å². The third-order valence-electron chi connectivity index (χ3n) is 6.53. The highest BCUT2D eigenvalue weighted by molar-refractivity contribution is 7.92. The van der Waals surface area contributed by atoms with Gasteiger partial charge in [0.25, 0.3) is 15.6 Å². The first-order chi connectivity index (χ1) is 18.7. The summed E-state index contributed by atoms with van der Waals surface area (Å²) in [7, 11) is -4.05. The number of nitrogens with one attached hydrogen (secondary N) is 3. The number of likely N-dealkylation sites (tertiary alicyclic amines) is 1. The van der Waals surface area contributed by atoms with Crippen LogP contribution in [0.4, 0.5) is 20.6 Å². The maximum absolute atomic E-state index is 15.0. The second-order valence-electron chi connectivity index (χ2n) is 9.36. The number of sulfonamides is 1. The van der Waals surface area contributed by atoms with Crippen LogP contribution >= 0.6 is 11.3 Å². The first-order valence-corrected chi connectivity index (χ1v) is 14.8. The summed E-state index contributed by atoms with van der Waals surface area (Å²) in [5.41, 5.74) is 0.563. The lowest BCUT2D eigenvalue weighted by atomic mass is 10.1. The van der Waals surface area contributed by atoms with Gasteiger partial charge in [-0.25, -0.2) is 22.3 Å². The SMILES string of the molecule is Cc1ccc(S(=O)(=O)NC(=O)Nc2ccc(-n3ccc4cc(NCCN5CCCC5)ccc4c3=O)c(F)c2)s1. The molecule has 0 radical (unpaired) electrons. The van der Waals surface area contributed by atoms with Crippen molar-refractivity contribution in [3.63, 3.8) is 0 Å². The Balaban J connectivity index is 1.28. The van der Waals surface area contributed by atoms with Gasteiger partial charge in [-0.2, -0.15) is 0 Å². The number of amides is 2. The van der Waals surface area contributed by atoms with Crippen molar-refractivity contribution in [1.82, 2.24) is 14.2 Å². The van der Waals surface area contributed by atoms with Crippen LogP contribution in [-0.4, -0.2) is 50.1 Å². The van der Waals surface area contributed by atoms with E-state index in [1.165, 1.54) is 41.8 Å². The molecule has 3 N–H and O–H groups in total. The van der Waals surface area contributed by atoms with Crippen LogP contribution in [0.2, 0.25) is 0 Å². The Morgan fingerprint density at radius 2 is 1.79 bits per heavy atom. The van der Waals surface area contributed by atoms with Gasteiger partial charge in [0.15, 0.2) is 0 Å². The molecule has 1 saturated heterocycles. The molecule has 3 heterocycles. The summed E-state index contributed by atoms with van der Waals surface area (Å²) in [5, 5.41) is 6.89. The quantitative estimate of drug-likeness (QED) is 0.288. The molecule has 9 nitrogen and oxygen atoms in total. The molecule has 0 atom stereocenters. The molecule has 1 aliphatic rings. The van der Waals surface area contributed by atoms with E-state index in [1.54, 1.807) is 25.1 Å². The van der Waals surface area contributed by atoms with Crippen molar-refractivity contribution >= 4 is 49.5 Å². The van der Waals surface area contributed by atoms with Crippen molar-refractivity contribution in [3.05, 3.63) is 81.8 Å². The number of carbonyl (C=O) groups excluding carboxylic acids is 1. The number of aryl methyl sites for hydroxylation is 1. The van der Waals surface area contributed by atoms with Gasteiger partial charge in [0, 0.05) is 40.9 Å². The fourth-order valence-corrected chi connectivity index (χ4v) is 6.77. The number of hydrogen-bond donors (Lipinski definition) is 3. The Kier molecular flexibility index (Phi) is 7.69. The van der Waals surface area contributed by atoms with Gasteiger partial charge in [0.2, 0.25) is 0 Å². The predicted molar refractivity (Wildman–Crippen MR) is 152 cm³/mol. The molecule has 0 bridgehead atoms. The van der Waals surface area contributed by atoms with Gasteiger partial charge < -0.3 is 15.5 Å². The molecule has 2 aromatic heterocycles. The fourth-order valence-electron chi connectivity index (χ4n) is 4.58. The summed E-state index contributed by atoms with van der Waals surface area (Å²) in [5.74, 6) is -0.758. The largest absolute Gasteiger partial charge is 0.384 e. The first-order valence-electron chi connectivity index (χ1n) is 12.5. The fraction of sp³-hybridized carbons (Fsp3) is 0.259. The van der Waals surface area contributed by atoms with Crippen molar-refractivity contribution in [3.8, 4) is 5.69 Å². The lowest BCUT2D eigenvalue weighted by Crippen LogP contribution is -2.34. The number of thiophene rings is 1. The lowest BCUT2D eigenvalue weighted by Gasteiger charge is -2.15. The zero-order valence-corrected chi connectivity index (χ0v) is 22.9. The number of anilines is 2. The van der Waals surface area contributed by atoms with E-state index in [-0.39, 0.29) is 21.1 Å². The van der Waals surface area contributed by atoms with Crippen LogP contribution in [0.5, 0.6) is 0 Å². The molecule has 39 heavy (non-hydrogen) atoms. The molecule has 1 aliphatic heterocycles. The van der Waals surface area contributed by atoms with Crippen LogP contribution in [0.3, 0.4) is 0 Å². The molecule has 0 aliphatic carbocycles. The molecular weight excluding hydrogens is 541 g/mol. The van der Waals surface area contributed by atoms with Gasteiger partial charge in [0.1, 0.15) is 10.0 Å². The average molecular weight is 570 g/mol. The average Bonchev–Trinajstić information content (AvgIpc) is 3.57. The summed E-state index contributed by atoms with van der Waals surface area (Å²) < 4.78 is 42.8. The maximum atomic E-state index is 15.0. The number of nitrogens with zero attached hydrogens (tertiary/aromatic N) is 2. The van der Waals surface area contributed by atoms with Gasteiger partial charge in [0.05, 0.1) is 5.69 Å². The number of urea groups is 1. The topological polar surface area (TPSA) is 113 Å². The second-order valence-corrected chi connectivity index (χ2v) is 12.6. The predicted octanol–water partition coefficient (Wildman–Crippen LogP) is 4.52. The summed E-state index contributed by atoms with van der Waals surface area (Å²) in [6, 6.07) is 13.0. The highest BCUT2D eigenvalue weighted by Gasteiger charge is 2.20. The van der Waals surface area contributed by atoms with E-state index in [9.17, 15) is 18.0 Å². The van der Waals surface area contributed by atoms with Gasteiger partial charge in [-0.3, -0.25) is 9.36 Å². The zero-order valence-electron chi connectivity index (χ0n) is 21.2. The van der Waals surface area contributed by atoms with Gasteiger partial charge in [-0.15, -0.1) is 11.3 Å². The molecule has 0 unspecified atom stereocenters. The third kappa shape index (κ3) is 6.13. The van der Waals surface area contributed by atoms with E-state index in [0.29, 0.717) is 5.39 Å². The van der Waals surface area contributed by atoms with Crippen LogP contribution in [0, 0.1) is 12.7 Å². The first kappa shape index (κ1) is 26.9. The summed E-state index contributed by atoms with van der Waals surface area (Å²) in [6.07, 6.45) is 4.00. The van der Waals surface area contributed by atoms with Crippen LogP contribution in [0.1, 0.15) is 17.7 Å². The number of carbonyl (C=O) groups is 1. The number of aromatic nitrogens is 1. The van der Waals surface area contributed by atoms with E-state index < -0.39 is 21.9 Å². The normalized spacial score (nSPS) is 14.0. The Morgan fingerprint density at radius 3 is 2.51 bits per heavy atom. The van der Waals surface area contributed by atoms with Crippen LogP contribution in [0.15, 0.2) is 69.8 Å². The van der Waals surface area contributed by atoms with Crippen molar-refractivity contribution in [2.75, 3.05) is 36.8 Å². The molecular formula is C27H28FN5O4S2. The molecule has 0 saturated carbocycles. The Morgan fingerprint density at radius 1 is 1.03 bits per heavy atom. The lowest BCUT2D eigenvalue weighted by molar-refractivity contribution is 0.256. The third-order valence-corrected chi connectivity index (χ3v) is 9.36. The molecule has 5 rings (SSSR count). The smallest absolute Gasteiger partial charge is 0.333 e. The number of halogens is 1. The Hall–Kier alpha value is -3.74. The van der Waals surface area contributed by atoms with E-state index in [0.717, 1.165) is 59.5 Å². The summed E-state index contributed by atoms with van der Waals surface area (Å²) in [4.78, 5) is 28.6. The van der Waals surface area contributed by atoms with Crippen LogP contribution in [-0.2, 0) is 10.0 Å². The van der Waals surface area contributed by atoms with Crippen LogP contribution < -0.4 is 20.9 Å². The van der Waals surface area contributed by atoms with Gasteiger partial charge in [-0.1, -0.05) is 0 Å². The minimum Gasteiger partial charge on any atom is -0.384 e. The second kappa shape index (κ2) is 11.2. The number of rotatable bonds is 8. The molecule has 204 valence electrons. The summed E-state index contributed by atoms with van der Waals surface area (Å²) >= 11 is 1.03. The molecule has 2 aromatic carbocycles. The minimum atomic E-state index is -4.05. The minimum absolute atomic E-state index is 0.00218. The van der Waals surface area contributed by atoms with E-state index in [4.69, 9.17) is 0 Å². The Bertz CT molecular complexity index is 1690. The van der Waals surface area contributed by atoms with E-state index in [2.05, 4.69) is 15.5 Å². The molecule has 2 amide bonds. The highest BCUT2D eigenvalue weighted by Crippen LogP contribution is 2.22. The van der Waals surface area contributed by atoms with Crippen LogP contribution in [0.25, 0.3) is 16.5 Å². The van der Waals surface area contributed by atoms with Crippen molar-refractivity contribution in [1.29, 1.82) is 0 Å². The monoisotopic (exact) mass is 569 g/mol. The summed E-state index contributed by atoms with van der Waals surface area (Å²) in [6.45, 7) is 5.80. The standard InChI is InChI=1S/C27H28FN5O4S2/c1-18-4-9-25(38-18)39(36,37)31-27(35)30-21-6-8-24(23(28)17-21)33-14-10-19-16-20(5-7-22(19)26(33)34)29-11-15-32-12-2-3-13-32/h4-10,14,16-17,29H,2-3,11-13,15H2,1H3,(H2,30,31,35). The molecule has 4 aromatic rings. The zero-order chi connectivity index (χ0) is 27.6. The number of benzene rings is 2.